The van der Waals surface area contributed by atoms with Crippen molar-refractivity contribution in [3.63, 3.8) is 0 Å². The number of piperazine rings is 1. The van der Waals surface area contributed by atoms with Crippen LogP contribution in [0, 0.1) is 5.92 Å². The summed E-state index contributed by atoms with van der Waals surface area (Å²) >= 11 is 0. The van der Waals surface area contributed by atoms with Gasteiger partial charge in [0.05, 0.1) is 6.04 Å². The topological polar surface area (TPSA) is 48.6 Å². The summed E-state index contributed by atoms with van der Waals surface area (Å²) in [4.78, 5) is 2.58. The molecule has 4 heteroatoms. The zero-order valence-electron chi connectivity index (χ0n) is 12.2. The van der Waals surface area contributed by atoms with Crippen LogP contribution >= 0.6 is 0 Å². The van der Waals surface area contributed by atoms with Crippen molar-refractivity contribution in [2.75, 3.05) is 26.2 Å². The highest BCUT2D eigenvalue weighted by Gasteiger charge is 2.32. The maximum absolute atomic E-state index is 9.24. The van der Waals surface area contributed by atoms with Crippen LogP contribution in [0.4, 0.5) is 0 Å². The minimum Gasteiger partial charge on any atom is -0.462 e. The molecule has 4 nitrogen and oxygen atoms in total. The summed E-state index contributed by atoms with van der Waals surface area (Å²) in [6.07, 6.45) is 6.69. The number of aliphatic hydroxyl groups is 1. The molecule has 2 N–H and O–H groups in total. The Bertz CT molecular complexity index is 388. The van der Waals surface area contributed by atoms with Crippen LogP contribution in [0.15, 0.2) is 16.5 Å². The van der Waals surface area contributed by atoms with Crippen molar-refractivity contribution in [3.05, 3.63) is 23.7 Å². The molecule has 1 aliphatic heterocycles. The largest absolute Gasteiger partial charge is 0.462 e. The van der Waals surface area contributed by atoms with Crippen molar-refractivity contribution in [2.24, 2.45) is 5.92 Å². The fraction of sp³-hybridized carbons (Fsp3) is 0.750. The van der Waals surface area contributed by atoms with E-state index in [2.05, 4.69) is 16.3 Å². The quantitative estimate of drug-likeness (QED) is 0.887. The molecule has 1 aliphatic carbocycles. The van der Waals surface area contributed by atoms with Gasteiger partial charge in [0.2, 0.25) is 0 Å². The fourth-order valence-corrected chi connectivity index (χ4v) is 3.76. The fourth-order valence-electron chi connectivity index (χ4n) is 3.76. The Labute approximate surface area is 121 Å². The molecule has 0 amide bonds. The van der Waals surface area contributed by atoms with Gasteiger partial charge in [-0.2, -0.15) is 0 Å². The van der Waals surface area contributed by atoms with Gasteiger partial charge in [-0.15, -0.1) is 0 Å². The number of hydrogen-bond acceptors (Lipinski definition) is 4. The van der Waals surface area contributed by atoms with Gasteiger partial charge in [-0.1, -0.05) is 19.3 Å². The van der Waals surface area contributed by atoms with Gasteiger partial charge in [0, 0.05) is 26.2 Å². The molecule has 3 rings (SSSR count). The van der Waals surface area contributed by atoms with Crippen LogP contribution in [0.1, 0.15) is 49.7 Å². The summed E-state index contributed by atoms with van der Waals surface area (Å²) in [5, 5.41) is 12.7. The molecule has 1 saturated carbocycles. The van der Waals surface area contributed by atoms with Crippen LogP contribution in [0.25, 0.3) is 0 Å². The predicted octanol–water partition coefficient (Wildman–Crippen LogP) is 2.30. The van der Waals surface area contributed by atoms with Gasteiger partial charge in [0.1, 0.15) is 18.1 Å². The lowest BCUT2D eigenvalue weighted by Crippen LogP contribution is -2.47. The normalized spacial score (nSPS) is 23.9. The highest BCUT2D eigenvalue weighted by molar-refractivity contribution is 5.12. The van der Waals surface area contributed by atoms with E-state index in [-0.39, 0.29) is 6.61 Å². The highest BCUT2D eigenvalue weighted by atomic mass is 16.4. The smallest absolute Gasteiger partial charge is 0.129 e. The van der Waals surface area contributed by atoms with E-state index in [1.807, 2.05) is 6.07 Å². The van der Waals surface area contributed by atoms with Crippen LogP contribution < -0.4 is 5.32 Å². The first-order chi connectivity index (χ1) is 9.88. The number of nitrogens with one attached hydrogen (secondary N) is 1. The second-order valence-corrected chi connectivity index (χ2v) is 6.09. The summed E-state index contributed by atoms with van der Waals surface area (Å²) < 4.78 is 5.89. The summed E-state index contributed by atoms with van der Waals surface area (Å²) in [6, 6.07) is 4.40. The lowest BCUT2D eigenvalue weighted by atomic mass is 9.82. The van der Waals surface area contributed by atoms with Gasteiger partial charge in [0.15, 0.2) is 0 Å². The minimum atomic E-state index is -0.00105. The predicted molar refractivity (Wildman–Crippen MR) is 78.4 cm³/mol. The van der Waals surface area contributed by atoms with Crippen LogP contribution in [0.3, 0.4) is 0 Å². The van der Waals surface area contributed by atoms with E-state index in [4.69, 9.17) is 4.42 Å². The second-order valence-electron chi connectivity index (χ2n) is 6.09. The molecule has 112 valence electrons. The van der Waals surface area contributed by atoms with E-state index in [9.17, 15) is 5.11 Å². The molecular formula is C16H26N2O2. The monoisotopic (exact) mass is 278 g/mol. The Kier molecular flexibility index (Phi) is 4.76. The molecule has 2 fully saturated rings. The first kappa shape index (κ1) is 14.1. The molecule has 0 aromatic carbocycles. The third-order valence-electron chi connectivity index (χ3n) is 4.77. The number of nitrogens with zero attached hydrogens (tertiary/aromatic N) is 1. The lowest BCUT2D eigenvalue weighted by molar-refractivity contribution is 0.0843. The first-order valence-corrected chi connectivity index (χ1v) is 8.02. The van der Waals surface area contributed by atoms with E-state index in [0.29, 0.717) is 17.7 Å². The molecule has 0 spiro atoms. The van der Waals surface area contributed by atoms with Gasteiger partial charge >= 0.3 is 0 Å². The molecule has 0 unspecified atom stereocenters. The van der Waals surface area contributed by atoms with Crippen LogP contribution in [-0.2, 0) is 6.61 Å². The molecule has 0 radical (unpaired) electrons. The minimum absolute atomic E-state index is 0.00105. The third kappa shape index (κ3) is 3.08. The zero-order chi connectivity index (χ0) is 13.8. The van der Waals surface area contributed by atoms with Gasteiger partial charge in [-0.3, -0.25) is 4.90 Å². The molecule has 1 atom stereocenters. The molecule has 20 heavy (non-hydrogen) atoms. The van der Waals surface area contributed by atoms with Gasteiger partial charge < -0.3 is 14.8 Å². The lowest BCUT2D eigenvalue weighted by Gasteiger charge is -2.39. The van der Waals surface area contributed by atoms with Crippen molar-refractivity contribution >= 4 is 0 Å². The first-order valence-electron chi connectivity index (χ1n) is 8.02. The van der Waals surface area contributed by atoms with E-state index in [0.717, 1.165) is 31.9 Å². The third-order valence-corrected chi connectivity index (χ3v) is 4.77. The van der Waals surface area contributed by atoms with Crippen molar-refractivity contribution in [3.8, 4) is 0 Å². The molecule has 2 heterocycles. The molecular weight excluding hydrogens is 252 g/mol. The molecule has 0 bridgehead atoms. The molecule has 1 saturated heterocycles. The Hall–Kier alpha value is -0.840. The Morgan fingerprint density at radius 1 is 1.20 bits per heavy atom. The molecule has 1 aromatic rings. The Balaban J connectivity index is 1.81. The van der Waals surface area contributed by atoms with E-state index in [1.54, 1.807) is 0 Å². The van der Waals surface area contributed by atoms with E-state index in [1.165, 1.54) is 32.1 Å². The summed E-state index contributed by atoms with van der Waals surface area (Å²) in [5.41, 5.74) is 0. The average Bonchev–Trinajstić information content (AvgIpc) is 2.98. The molecule has 2 aliphatic rings. The number of hydrogen-bond donors (Lipinski definition) is 2. The summed E-state index contributed by atoms with van der Waals surface area (Å²) in [5.74, 6) is 2.46. The number of aliphatic hydroxyl groups excluding tert-OH is 1. The Morgan fingerprint density at radius 2 is 1.95 bits per heavy atom. The second kappa shape index (κ2) is 6.74. The maximum Gasteiger partial charge on any atom is 0.129 e. The van der Waals surface area contributed by atoms with E-state index < -0.39 is 0 Å². The van der Waals surface area contributed by atoms with Gasteiger partial charge in [-0.25, -0.2) is 0 Å². The highest BCUT2D eigenvalue weighted by Crippen LogP contribution is 2.39. The SMILES string of the molecule is OCc1ccc([C@H](C2CCCCC2)N2CCNCC2)o1. The zero-order valence-corrected chi connectivity index (χ0v) is 12.2. The van der Waals surface area contributed by atoms with Crippen molar-refractivity contribution in [2.45, 2.75) is 44.8 Å². The average molecular weight is 278 g/mol. The van der Waals surface area contributed by atoms with E-state index >= 15 is 0 Å². The summed E-state index contributed by atoms with van der Waals surface area (Å²) in [6.45, 7) is 4.32. The Morgan fingerprint density at radius 3 is 2.60 bits per heavy atom. The van der Waals surface area contributed by atoms with Crippen molar-refractivity contribution in [1.82, 2.24) is 10.2 Å². The summed E-state index contributed by atoms with van der Waals surface area (Å²) in [7, 11) is 0. The number of rotatable bonds is 4. The maximum atomic E-state index is 9.24. The number of furan rings is 1. The van der Waals surface area contributed by atoms with Gasteiger partial charge in [-0.05, 0) is 30.9 Å². The standard InChI is InChI=1S/C16H26N2O2/c19-12-14-6-7-15(20-14)16(13-4-2-1-3-5-13)18-10-8-17-9-11-18/h6-7,13,16-17,19H,1-5,8-12H2/t16-/m0/s1. The van der Waals surface area contributed by atoms with Crippen LogP contribution in [0.5, 0.6) is 0 Å². The van der Waals surface area contributed by atoms with Gasteiger partial charge in [0.25, 0.3) is 0 Å². The van der Waals surface area contributed by atoms with Crippen LogP contribution in [0.2, 0.25) is 0 Å². The van der Waals surface area contributed by atoms with Crippen molar-refractivity contribution < 1.29 is 9.52 Å². The van der Waals surface area contributed by atoms with Crippen molar-refractivity contribution in [1.29, 1.82) is 0 Å². The van der Waals surface area contributed by atoms with Crippen LogP contribution in [-0.4, -0.2) is 36.2 Å². The molecule has 1 aromatic heterocycles.